The zero-order valence-corrected chi connectivity index (χ0v) is 21.7. The van der Waals surface area contributed by atoms with Crippen LogP contribution in [0.25, 0.3) is 0 Å². The van der Waals surface area contributed by atoms with Crippen molar-refractivity contribution >= 4 is 5.91 Å². The topological polar surface area (TPSA) is 332 Å². The fourth-order valence-electron chi connectivity index (χ4n) is 5.07. The molecule has 17 N–H and O–H groups in total. The Morgan fingerprint density at radius 1 is 0.850 bits per heavy atom. The summed E-state index contributed by atoms with van der Waals surface area (Å²) in [4.78, 5) is 12.6. The molecule has 2 heterocycles. The summed E-state index contributed by atoms with van der Waals surface area (Å²) < 4.78 is 22.5. The molecule has 0 aromatic rings. The third-order valence-electron chi connectivity index (χ3n) is 7.51. The third-order valence-corrected chi connectivity index (χ3v) is 7.51. The van der Waals surface area contributed by atoms with Gasteiger partial charge >= 0.3 is 0 Å². The van der Waals surface area contributed by atoms with Crippen molar-refractivity contribution in [3.63, 3.8) is 0 Å². The molecule has 234 valence electrons. The normalized spacial score (nSPS) is 47.0. The van der Waals surface area contributed by atoms with E-state index in [1.54, 1.807) is 0 Å². The van der Waals surface area contributed by atoms with Gasteiger partial charge in [-0.25, -0.2) is 0 Å². The molecule has 18 nitrogen and oxygen atoms in total. The van der Waals surface area contributed by atoms with Crippen molar-refractivity contribution in [2.45, 2.75) is 111 Å². The Hall–Kier alpha value is -1.17. The number of aliphatic hydroxyl groups excluding tert-OH is 8. The van der Waals surface area contributed by atoms with Crippen molar-refractivity contribution in [1.82, 2.24) is 5.32 Å². The third kappa shape index (κ3) is 7.06. The van der Waals surface area contributed by atoms with E-state index in [1.165, 1.54) is 0 Å². The standard InChI is InChI=1S/C22H43N5O13/c23-2-1-8(29)20(36)27-7-3-6(25)18(39-22-16(34)15(33)13(31)9(4-24)37-22)17(35)19(7)40-21-14(32)11(26)12(30)10(5-28)38-21/h6-19,21-22,28-35H,1-5,23-26H2,(H,27,36)/t6-,7+,8-,9-,10-,11-,12+,13+,14+,15+,16+,17+,18-,19-,21+,22+/m0/s1. The lowest BCUT2D eigenvalue weighted by atomic mass is 9.83. The van der Waals surface area contributed by atoms with Crippen LogP contribution < -0.4 is 28.3 Å². The second-order valence-corrected chi connectivity index (χ2v) is 10.3. The fourth-order valence-corrected chi connectivity index (χ4v) is 5.07. The van der Waals surface area contributed by atoms with Gasteiger partial charge in [-0.3, -0.25) is 4.79 Å². The SMILES string of the molecule is NCC[C@H](O)C(=O)N[C@@H]1C[C@H](N)[C@H](O[C@H]2O[C@@H](CN)[C@@H](O)[C@@H](O)[C@H]2O)[C@@H](O)[C@H]1O[C@H]1O[C@@H](CO)[C@@H](O)[C@H](N)[C@H]1O. The van der Waals surface area contributed by atoms with Gasteiger partial charge in [0.1, 0.15) is 67.1 Å². The summed E-state index contributed by atoms with van der Waals surface area (Å²) >= 11 is 0. The minimum absolute atomic E-state index is 0.0101. The second kappa shape index (κ2) is 14.3. The Labute approximate surface area is 229 Å². The number of rotatable bonds is 10. The zero-order chi connectivity index (χ0) is 29.9. The average Bonchev–Trinajstić information content (AvgIpc) is 2.92. The fraction of sp³-hybridized carbons (Fsp3) is 0.955. The predicted molar refractivity (Wildman–Crippen MR) is 131 cm³/mol. The number of amides is 1. The number of aliphatic hydroxyl groups is 8. The predicted octanol–water partition coefficient (Wildman–Crippen LogP) is -8.42. The second-order valence-electron chi connectivity index (χ2n) is 10.3. The van der Waals surface area contributed by atoms with Crippen molar-refractivity contribution < 1.29 is 64.6 Å². The van der Waals surface area contributed by atoms with Crippen LogP contribution in [0.15, 0.2) is 0 Å². The molecule has 1 saturated carbocycles. The highest BCUT2D eigenvalue weighted by Gasteiger charge is 2.52. The highest BCUT2D eigenvalue weighted by Crippen LogP contribution is 2.32. The van der Waals surface area contributed by atoms with E-state index < -0.39 is 110 Å². The van der Waals surface area contributed by atoms with E-state index in [-0.39, 0.29) is 25.9 Å². The van der Waals surface area contributed by atoms with Crippen molar-refractivity contribution in [2.75, 3.05) is 19.7 Å². The number of ether oxygens (including phenoxy) is 4. The molecule has 18 heteroatoms. The number of hydrogen-bond acceptors (Lipinski definition) is 17. The first kappa shape index (κ1) is 33.3. The Morgan fingerprint density at radius 2 is 1.45 bits per heavy atom. The van der Waals surface area contributed by atoms with Gasteiger partial charge in [-0.1, -0.05) is 0 Å². The van der Waals surface area contributed by atoms with Gasteiger partial charge in [-0.2, -0.15) is 0 Å². The molecule has 0 unspecified atom stereocenters. The van der Waals surface area contributed by atoms with E-state index in [4.69, 9.17) is 41.9 Å². The number of hydrogen-bond donors (Lipinski definition) is 13. The van der Waals surface area contributed by atoms with E-state index in [9.17, 15) is 45.6 Å². The number of nitrogens with one attached hydrogen (secondary N) is 1. The molecule has 1 aliphatic carbocycles. The van der Waals surface area contributed by atoms with Crippen molar-refractivity contribution in [3.8, 4) is 0 Å². The van der Waals surface area contributed by atoms with E-state index in [0.717, 1.165) is 0 Å². The van der Waals surface area contributed by atoms with Gasteiger partial charge in [0.25, 0.3) is 0 Å². The number of nitrogens with two attached hydrogens (primary N) is 4. The van der Waals surface area contributed by atoms with Gasteiger partial charge in [0, 0.05) is 12.6 Å². The summed E-state index contributed by atoms with van der Waals surface area (Å²) in [6, 6.07) is -3.45. The van der Waals surface area contributed by atoms with Gasteiger partial charge in [-0.05, 0) is 19.4 Å². The van der Waals surface area contributed by atoms with Gasteiger partial charge < -0.3 is 88.1 Å². The molecule has 1 amide bonds. The lowest BCUT2D eigenvalue weighted by Gasteiger charge is -2.49. The summed E-state index contributed by atoms with van der Waals surface area (Å²) in [5, 5.41) is 84.9. The van der Waals surface area contributed by atoms with Crippen LogP contribution >= 0.6 is 0 Å². The summed E-state index contributed by atoms with van der Waals surface area (Å²) in [5.74, 6) is -0.845. The van der Waals surface area contributed by atoms with Crippen LogP contribution in [0.3, 0.4) is 0 Å². The molecule has 0 aromatic heterocycles. The van der Waals surface area contributed by atoms with Crippen molar-refractivity contribution in [2.24, 2.45) is 22.9 Å². The summed E-state index contributed by atoms with van der Waals surface area (Å²) in [6.45, 7) is -0.898. The van der Waals surface area contributed by atoms with Gasteiger partial charge in [0.2, 0.25) is 5.91 Å². The molecule has 0 radical (unpaired) electrons. The Balaban J connectivity index is 1.85. The highest BCUT2D eigenvalue weighted by atomic mass is 16.7. The lowest BCUT2D eigenvalue weighted by molar-refractivity contribution is -0.332. The first-order valence-electron chi connectivity index (χ1n) is 13.1. The van der Waals surface area contributed by atoms with E-state index in [2.05, 4.69) is 5.32 Å². The maximum Gasteiger partial charge on any atom is 0.249 e. The highest BCUT2D eigenvalue weighted by molar-refractivity contribution is 5.80. The molecule has 0 bridgehead atoms. The van der Waals surface area contributed by atoms with Crippen LogP contribution in [0.1, 0.15) is 12.8 Å². The zero-order valence-electron chi connectivity index (χ0n) is 21.7. The molecule has 3 aliphatic rings. The molecule has 40 heavy (non-hydrogen) atoms. The Bertz CT molecular complexity index is 815. The van der Waals surface area contributed by atoms with Crippen LogP contribution in [0, 0.1) is 0 Å². The molecular weight excluding hydrogens is 542 g/mol. The molecular formula is C22H43N5O13. The van der Waals surface area contributed by atoms with Crippen molar-refractivity contribution in [3.05, 3.63) is 0 Å². The van der Waals surface area contributed by atoms with E-state index >= 15 is 0 Å². The lowest BCUT2D eigenvalue weighted by Crippen LogP contribution is -2.69. The van der Waals surface area contributed by atoms with Crippen LogP contribution in [0.2, 0.25) is 0 Å². The summed E-state index contributed by atoms with van der Waals surface area (Å²) in [7, 11) is 0. The molecule has 0 aromatic carbocycles. The van der Waals surface area contributed by atoms with Crippen LogP contribution in [0.4, 0.5) is 0 Å². The minimum atomic E-state index is -1.76. The molecule has 16 atom stereocenters. The largest absolute Gasteiger partial charge is 0.394 e. The van der Waals surface area contributed by atoms with E-state index in [1.807, 2.05) is 0 Å². The Morgan fingerprint density at radius 3 is 2.05 bits per heavy atom. The summed E-state index contributed by atoms with van der Waals surface area (Å²) in [6.07, 6.45) is -19.8. The van der Waals surface area contributed by atoms with Crippen LogP contribution in [-0.4, -0.2) is 164 Å². The van der Waals surface area contributed by atoms with Gasteiger partial charge in [-0.15, -0.1) is 0 Å². The quantitative estimate of drug-likeness (QED) is 0.113. The molecule has 3 rings (SSSR count). The van der Waals surface area contributed by atoms with Crippen LogP contribution in [0.5, 0.6) is 0 Å². The monoisotopic (exact) mass is 585 g/mol. The van der Waals surface area contributed by atoms with E-state index in [0.29, 0.717) is 0 Å². The molecule has 3 fully saturated rings. The number of carbonyl (C=O) groups is 1. The average molecular weight is 586 g/mol. The number of carbonyl (C=O) groups excluding carboxylic acids is 1. The first-order chi connectivity index (χ1) is 18.9. The summed E-state index contributed by atoms with van der Waals surface area (Å²) in [5.41, 5.74) is 23.1. The molecule has 2 saturated heterocycles. The Kier molecular flexibility index (Phi) is 11.9. The molecule has 2 aliphatic heterocycles. The maximum absolute atomic E-state index is 12.6. The maximum atomic E-state index is 12.6. The van der Waals surface area contributed by atoms with Gasteiger partial charge in [0.15, 0.2) is 12.6 Å². The smallest absolute Gasteiger partial charge is 0.249 e. The first-order valence-corrected chi connectivity index (χ1v) is 13.1. The van der Waals surface area contributed by atoms with Crippen molar-refractivity contribution in [1.29, 1.82) is 0 Å². The minimum Gasteiger partial charge on any atom is -0.394 e. The van der Waals surface area contributed by atoms with Crippen LogP contribution in [-0.2, 0) is 23.7 Å². The van der Waals surface area contributed by atoms with Gasteiger partial charge in [0.05, 0.1) is 18.7 Å². The molecule has 0 spiro atoms.